The fourth-order valence-corrected chi connectivity index (χ4v) is 1.86. The fraction of sp³-hybridized carbons (Fsp3) is 0.143. The molecule has 0 aliphatic carbocycles. The van der Waals surface area contributed by atoms with Crippen LogP contribution in [0.25, 0.3) is 17.0 Å². The molecule has 0 bridgehead atoms. The lowest BCUT2D eigenvalue weighted by molar-refractivity contribution is -0.383. The third kappa shape index (κ3) is 2.97. The summed E-state index contributed by atoms with van der Waals surface area (Å²) in [6, 6.07) is 6.45. The number of pyridine rings is 1. The highest BCUT2D eigenvalue weighted by Gasteiger charge is 2.13. The number of aromatic nitrogens is 1. The van der Waals surface area contributed by atoms with Gasteiger partial charge in [-0.2, -0.15) is 0 Å². The van der Waals surface area contributed by atoms with E-state index in [1.54, 1.807) is 36.5 Å². The molecule has 1 heterocycles. The summed E-state index contributed by atoms with van der Waals surface area (Å²) in [4.78, 5) is 25.5. The predicted octanol–water partition coefficient (Wildman–Crippen LogP) is 2.29. The van der Waals surface area contributed by atoms with Crippen molar-refractivity contribution in [2.75, 3.05) is 6.54 Å². The Morgan fingerprint density at radius 2 is 2.25 bits per heavy atom. The van der Waals surface area contributed by atoms with Crippen molar-refractivity contribution < 1.29 is 9.72 Å². The molecule has 0 aliphatic rings. The number of amides is 1. The van der Waals surface area contributed by atoms with Gasteiger partial charge in [0.1, 0.15) is 0 Å². The number of carbonyl (C=O) groups excluding carboxylic acids is 1. The number of nitro benzene ring substituents is 1. The Bertz CT molecular complexity index is 695. The van der Waals surface area contributed by atoms with E-state index in [1.165, 1.54) is 13.0 Å². The standard InChI is InChI=1S/C14H13N3O3/c1-10(18)15-8-2-4-11-6-7-13(17(19)20)12-5-3-9-16-14(11)12/h2-7,9H,8H2,1H3,(H,15,18). The van der Waals surface area contributed by atoms with Crippen LogP contribution in [0, 0.1) is 10.1 Å². The number of hydrogen-bond donors (Lipinski definition) is 1. The number of nitro groups is 1. The number of fused-ring (bicyclic) bond motifs is 1. The monoisotopic (exact) mass is 271 g/mol. The highest BCUT2D eigenvalue weighted by Crippen LogP contribution is 2.27. The highest BCUT2D eigenvalue weighted by molar-refractivity contribution is 5.93. The maximum Gasteiger partial charge on any atom is 0.278 e. The summed E-state index contributed by atoms with van der Waals surface area (Å²) in [6.45, 7) is 1.84. The van der Waals surface area contributed by atoms with E-state index in [-0.39, 0.29) is 11.6 Å². The van der Waals surface area contributed by atoms with Gasteiger partial charge in [-0.3, -0.25) is 19.9 Å². The van der Waals surface area contributed by atoms with E-state index in [0.29, 0.717) is 17.4 Å². The molecular weight excluding hydrogens is 258 g/mol. The molecule has 0 unspecified atom stereocenters. The van der Waals surface area contributed by atoms with Crippen molar-refractivity contribution in [2.24, 2.45) is 0 Å². The topological polar surface area (TPSA) is 85.1 Å². The summed E-state index contributed by atoms with van der Waals surface area (Å²) in [7, 11) is 0. The van der Waals surface area contributed by atoms with Crippen LogP contribution in [0.2, 0.25) is 0 Å². The average molecular weight is 271 g/mol. The number of nitrogens with one attached hydrogen (secondary N) is 1. The normalized spacial score (nSPS) is 10.8. The molecule has 1 aromatic carbocycles. The molecule has 1 amide bonds. The number of rotatable bonds is 4. The van der Waals surface area contributed by atoms with Gasteiger partial charge in [0.05, 0.1) is 15.8 Å². The minimum atomic E-state index is -0.422. The molecule has 0 aliphatic heterocycles. The Kier molecular flexibility index (Phi) is 4.05. The van der Waals surface area contributed by atoms with E-state index in [4.69, 9.17) is 0 Å². The number of carbonyl (C=O) groups is 1. The molecule has 0 spiro atoms. The molecule has 20 heavy (non-hydrogen) atoms. The zero-order valence-electron chi connectivity index (χ0n) is 10.9. The Labute approximate surface area is 115 Å². The van der Waals surface area contributed by atoms with E-state index >= 15 is 0 Å². The summed E-state index contributed by atoms with van der Waals surface area (Å²) >= 11 is 0. The van der Waals surface area contributed by atoms with Crippen LogP contribution in [0.4, 0.5) is 5.69 Å². The van der Waals surface area contributed by atoms with Gasteiger partial charge in [0.25, 0.3) is 5.69 Å². The van der Waals surface area contributed by atoms with Crippen molar-refractivity contribution in [1.82, 2.24) is 10.3 Å². The second-order valence-electron chi connectivity index (χ2n) is 4.17. The van der Waals surface area contributed by atoms with Crippen molar-refractivity contribution in [3.8, 4) is 0 Å². The largest absolute Gasteiger partial charge is 0.353 e. The average Bonchev–Trinajstić information content (AvgIpc) is 2.43. The summed E-state index contributed by atoms with van der Waals surface area (Å²) in [5, 5.41) is 14.1. The molecule has 0 radical (unpaired) electrons. The summed E-state index contributed by atoms with van der Waals surface area (Å²) in [5.74, 6) is -0.110. The fourth-order valence-electron chi connectivity index (χ4n) is 1.86. The van der Waals surface area contributed by atoms with Crippen LogP contribution in [-0.2, 0) is 4.79 Å². The number of hydrogen-bond acceptors (Lipinski definition) is 4. The molecule has 6 heteroatoms. The molecule has 1 N–H and O–H groups in total. The lowest BCUT2D eigenvalue weighted by Gasteiger charge is -2.02. The highest BCUT2D eigenvalue weighted by atomic mass is 16.6. The third-order valence-electron chi connectivity index (χ3n) is 2.74. The van der Waals surface area contributed by atoms with Crippen LogP contribution in [0.5, 0.6) is 0 Å². The van der Waals surface area contributed by atoms with E-state index in [1.807, 2.05) is 0 Å². The van der Waals surface area contributed by atoms with Crippen LogP contribution in [-0.4, -0.2) is 22.4 Å². The quantitative estimate of drug-likeness (QED) is 0.683. The van der Waals surface area contributed by atoms with Gasteiger partial charge in [0.2, 0.25) is 5.91 Å². The van der Waals surface area contributed by atoms with Crippen molar-refractivity contribution >= 4 is 28.6 Å². The van der Waals surface area contributed by atoms with Crippen molar-refractivity contribution in [3.63, 3.8) is 0 Å². The first-order valence-electron chi connectivity index (χ1n) is 6.02. The van der Waals surface area contributed by atoms with Crippen LogP contribution in [0.1, 0.15) is 12.5 Å². The first kappa shape index (κ1) is 13.7. The molecular formula is C14H13N3O3. The minimum absolute atomic E-state index is 0.0344. The molecule has 6 nitrogen and oxygen atoms in total. The van der Waals surface area contributed by atoms with Crippen LogP contribution >= 0.6 is 0 Å². The second-order valence-corrected chi connectivity index (χ2v) is 4.17. The number of benzene rings is 1. The van der Waals surface area contributed by atoms with Crippen molar-refractivity contribution in [3.05, 3.63) is 52.2 Å². The third-order valence-corrected chi connectivity index (χ3v) is 2.74. The Hall–Kier alpha value is -2.76. The van der Waals surface area contributed by atoms with E-state index in [9.17, 15) is 14.9 Å². The lowest BCUT2D eigenvalue weighted by Crippen LogP contribution is -2.19. The molecule has 0 fully saturated rings. The molecule has 102 valence electrons. The first-order chi connectivity index (χ1) is 9.59. The lowest BCUT2D eigenvalue weighted by atomic mass is 10.1. The molecule has 1 aromatic heterocycles. The Morgan fingerprint density at radius 1 is 1.45 bits per heavy atom. The molecule has 0 atom stereocenters. The number of nitrogens with zero attached hydrogens (tertiary/aromatic N) is 2. The second kappa shape index (κ2) is 5.92. The van der Waals surface area contributed by atoms with Gasteiger partial charge in [0, 0.05) is 31.3 Å². The van der Waals surface area contributed by atoms with Gasteiger partial charge in [-0.15, -0.1) is 0 Å². The Morgan fingerprint density at radius 3 is 2.95 bits per heavy atom. The smallest absolute Gasteiger partial charge is 0.278 e. The van der Waals surface area contributed by atoms with Gasteiger partial charge < -0.3 is 5.32 Å². The minimum Gasteiger partial charge on any atom is -0.353 e. The summed E-state index contributed by atoms with van der Waals surface area (Å²) in [6.07, 6.45) is 5.16. The van der Waals surface area contributed by atoms with Crippen molar-refractivity contribution in [1.29, 1.82) is 0 Å². The maximum atomic E-state index is 11.0. The predicted molar refractivity (Wildman–Crippen MR) is 76.1 cm³/mol. The van der Waals surface area contributed by atoms with E-state index < -0.39 is 4.92 Å². The van der Waals surface area contributed by atoms with E-state index in [0.717, 1.165) is 5.56 Å². The van der Waals surface area contributed by atoms with Gasteiger partial charge in [-0.1, -0.05) is 12.2 Å². The van der Waals surface area contributed by atoms with Crippen LogP contribution < -0.4 is 5.32 Å². The molecule has 0 saturated heterocycles. The summed E-state index contributed by atoms with van der Waals surface area (Å²) in [5.41, 5.74) is 1.38. The van der Waals surface area contributed by atoms with Crippen LogP contribution in [0.3, 0.4) is 0 Å². The molecule has 2 rings (SSSR count). The summed E-state index contributed by atoms with van der Waals surface area (Å²) < 4.78 is 0. The molecule has 0 saturated carbocycles. The van der Waals surface area contributed by atoms with Gasteiger partial charge in [-0.05, 0) is 18.2 Å². The molecule has 2 aromatic rings. The van der Waals surface area contributed by atoms with Crippen molar-refractivity contribution in [2.45, 2.75) is 6.92 Å². The maximum absolute atomic E-state index is 11.0. The zero-order valence-corrected chi connectivity index (χ0v) is 10.9. The van der Waals surface area contributed by atoms with Crippen LogP contribution in [0.15, 0.2) is 36.5 Å². The van der Waals surface area contributed by atoms with E-state index in [2.05, 4.69) is 10.3 Å². The van der Waals surface area contributed by atoms with Gasteiger partial charge >= 0.3 is 0 Å². The van der Waals surface area contributed by atoms with Gasteiger partial charge in [0.15, 0.2) is 0 Å². The first-order valence-corrected chi connectivity index (χ1v) is 6.02. The Balaban J connectivity index is 2.38. The zero-order chi connectivity index (χ0) is 14.5. The SMILES string of the molecule is CC(=O)NCC=Cc1ccc([N+](=O)[O-])c2cccnc12. The van der Waals surface area contributed by atoms with Gasteiger partial charge in [-0.25, -0.2) is 0 Å². The number of non-ortho nitro benzene ring substituents is 1.